The fraction of sp³-hybridized carbons (Fsp3) is 0.353. The quantitative estimate of drug-likeness (QED) is 0.834. The highest BCUT2D eigenvalue weighted by Crippen LogP contribution is 2.24. The SMILES string of the molecule is CCOc1cc(C(=O)N2CCN(c3ccc(F)c(Cl)c3)CC2)ncn1. The fourth-order valence-electron chi connectivity index (χ4n) is 2.69. The minimum atomic E-state index is -0.437. The molecule has 0 N–H and O–H groups in total. The molecule has 0 radical (unpaired) electrons. The van der Waals surface area contributed by atoms with Crippen LogP contribution in [0.2, 0.25) is 5.02 Å². The predicted molar refractivity (Wildman–Crippen MR) is 92.7 cm³/mol. The third kappa shape index (κ3) is 3.99. The number of hydrogen-bond acceptors (Lipinski definition) is 5. The van der Waals surface area contributed by atoms with Crippen molar-refractivity contribution in [2.24, 2.45) is 0 Å². The van der Waals surface area contributed by atoms with Gasteiger partial charge in [0, 0.05) is 37.9 Å². The van der Waals surface area contributed by atoms with E-state index >= 15 is 0 Å². The number of halogens is 2. The van der Waals surface area contributed by atoms with Gasteiger partial charge in [-0.1, -0.05) is 11.6 Å². The molecule has 1 saturated heterocycles. The number of benzene rings is 1. The molecule has 8 heteroatoms. The molecule has 0 aliphatic carbocycles. The first kappa shape index (κ1) is 17.4. The molecule has 0 unspecified atom stereocenters. The second-order valence-corrected chi connectivity index (χ2v) is 5.96. The summed E-state index contributed by atoms with van der Waals surface area (Å²) in [7, 11) is 0. The van der Waals surface area contributed by atoms with Crippen LogP contribution in [0.15, 0.2) is 30.6 Å². The van der Waals surface area contributed by atoms with Crippen LogP contribution in [0, 0.1) is 5.82 Å². The second kappa shape index (κ2) is 7.65. The Morgan fingerprint density at radius 3 is 2.68 bits per heavy atom. The molecule has 0 atom stereocenters. The lowest BCUT2D eigenvalue weighted by Crippen LogP contribution is -2.49. The first-order chi connectivity index (χ1) is 12.1. The van der Waals surface area contributed by atoms with Gasteiger partial charge in [0.15, 0.2) is 0 Å². The summed E-state index contributed by atoms with van der Waals surface area (Å²) in [6.45, 7) is 4.69. The molecule has 1 aliphatic heterocycles. The lowest BCUT2D eigenvalue weighted by atomic mass is 10.2. The average molecular weight is 365 g/mol. The minimum absolute atomic E-state index is 0.0976. The zero-order valence-electron chi connectivity index (χ0n) is 13.8. The number of piperazine rings is 1. The maximum atomic E-state index is 13.3. The van der Waals surface area contributed by atoms with Gasteiger partial charge in [0.05, 0.1) is 11.6 Å². The number of anilines is 1. The number of carbonyl (C=O) groups is 1. The third-order valence-electron chi connectivity index (χ3n) is 3.99. The smallest absolute Gasteiger partial charge is 0.272 e. The van der Waals surface area contributed by atoms with Crippen LogP contribution in [0.4, 0.5) is 10.1 Å². The van der Waals surface area contributed by atoms with Gasteiger partial charge in [-0.15, -0.1) is 0 Å². The van der Waals surface area contributed by atoms with E-state index in [0.717, 1.165) is 5.69 Å². The van der Waals surface area contributed by atoms with Crippen molar-refractivity contribution in [2.45, 2.75) is 6.92 Å². The summed E-state index contributed by atoms with van der Waals surface area (Å²) in [6.07, 6.45) is 1.33. The Balaban J connectivity index is 1.64. The Morgan fingerprint density at radius 2 is 2.00 bits per heavy atom. The topological polar surface area (TPSA) is 58.6 Å². The monoisotopic (exact) mass is 364 g/mol. The van der Waals surface area contributed by atoms with Gasteiger partial charge in [0.25, 0.3) is 5.91 Å². The molecule has 25 heavy (non-hydrogen) atoms. The van der Waals surface area contributed by atoms with Crippen molar-refractivity contribution in [3.05, 3.63) is 47.1 Å². The van der Waals surface area contributed by atoms with Crippen LogP contribution in [-0.4, -0.2) is 53.6 Å². The summed E-state index contributed by atoms with van der Waals surface area (Å²) in [5.41, 5.74) is 1.16. The van der Waals surface area contributed by atoms with E-state index in [1.54, 1.807) is 23.1 Å². The van der Waals surface area contributed by atoms with E-state index in [1.807, 2.05) is 6.92 Å². The Bertz CT molecular complexity index is 766. The van der Waals surface area contributed by atoms with Crippen molar-refractivity contribution in [3.63, 3.8) is 0 Å². The summed E-state index contributed by atoms with van der Waals surface area (Å²) >= 11 is 5.84. The van der Waals surface area contributed by atoms with Crippen molar-refractivity contribution in [2.75, 3.05) is 37.7 Å². The Kier molecular flexibility index (Phi) is 5.33. The third-order valence-corrected chi connectivity index (χ3v) is 4.28. The second-order valence-electron chi connectivity index (χ2n) is 5.55. The van der Waals surface area contributed by atoms with Crippen LogP contribution in [0.1, 0.15) is 17.4 Å². The zero-order chi connectivity index (χ0) is 17.8. The molecule has 1 fully saturated rings. The van der Waals surface area contributed by atoms with Crippen LogP contribution in [0.3, 0.4) is 0 Å². The normalized spacial score (nSPS) is 14.5. The van der Waals surface area contributed by atoms with Gasteiger partial charge in [-0.3, -0.25) is 4.79 Å². The number of nitrogens with zero attached hydrogens (tertiary/aromatic N) is 4. The van der Waals surface area contributed by atoms with Crippen LogP contribution in [0.25, 0.3) is 0 Å². The van der Waals surface area contributed by atoms with Crippen LogP contribution >= 0.6 is 11.6 Å². The lowest BCUT2D eigenvalue weighted by Gasteiger charge is -2.36. The molecule has 132 valence electrons. The molecule has 2 heterocycles. The van der Waals surface area contributed by atoms with Gasteiger partial charge in [-0.25, -0.2) is 14.4 Å². The molecule has 3 rings (SSSR count). The van der Waals surface area contributed by atoms with Crippen molar-refractivity contribution < 1.29 is 13.9 Å². The van der Waals surface area contributed by atoms with E-state index in [1.165, 1.54) is 12.4 Å². The number of carbonyl (C=O) groups excluding carboxylic acids is 1. The lowest BCUT2D eigenvalue weighted by molar-refractivity contribution is 0.0740. The Morgan fingerprint density at radius 1 is 1.24 bits per heavy atom. The van der Waals surface area contributed by atoms with Gasteiger partial charge < -0.3 is 14.5 Å². The highest BCUT2D eigenvalue weighted by molar-refractivity contribution is 6.31. The van der Waals surface area contributed by atoms with Crippen molar-refractivity contribution in [3.8, 4) is 5.88 Å². The molecule has 1 aromatic carbocycles. The molecular weight excluding hydrogens is 347 g/mol. The molecular formula is C17H18ClFN4O2. The number of amides is 1. The summed E-state index contributed by atoms with van der Waals surface area (Å²) in [6, 6.07) is 6.20. The summed E-state index contributed by atoms with van der Waals surface area (Å²) in [4.78, 5) is 24.4. The van der Waals surface area contributed by atoms with Crippen LogP contribution in [0.5, 0.6) is 5.88 Å². The van der Waals surface area contributed by atoms with E-state index in [-0.39, 0.29) is 10.9 Å². The van der Waals surface area contributed by atoms with Crippen molar-refractivity contribution >= 4 is 23.2 Å². The van der Waals surface area contributed by atoms with Crippen molar-refractivity contribution in [1.29, 1.82) is 0 Å². The highest BCUT2D eigenvalue weighted by atomic mass is 35.5. The molecule has 1 aliphatic rings. The molecule has 1 aromatic heterocycles. The first-order valence-corrected chi connectivity index (χ1v) is 8.40. The van der Waals surface area contributed by atoms with Gasteiger partial charge in [-0.2, -0.15) is 0 Å². The number of rotatable bonds is 4. The molecule has 0 spiro atoms. The van der Waals surface area contributed by atoms with Gasteiger partial charge in [0.2, 0.25) is 5.88 Å². The number of ether oxygens (including phenoxy) is 1. The molecule has 2 aromatic rings. The van der Waals surface area contributed by atoms with Gasteiger partial charge >= 0.3 is 0 Å². The zero-order valence-corrected chi connectivity index (χ0v) is 14.5. The van der Waals surface area contributed by atoms with E-state index in [4.69, 9.17) is 16.3 Å². The Labute approximate surface area is 150 Å². The summed E-state index contributed by atoms with van der Waals surface area (Å²) < 4.78 is 18.6. The highest BCUT2D eigenvalue weighted by Gasteiger charge is 2.24. The van der Waals surface area contributed by atoms with Crippen LogP contribution < -0.4 is 9.64 Å². The van der Waals surface area contributed by atoms with Gasteiger partial charge in [-0.05, 0) is 25.1 Å². The minimum Gasteiger partial charge on any atom is -0.478 e. The van der Waals surface area contributed by atoms with Crippen molar-refractivity contribution in [1.82, 2.24) is 14.9 Å². The molecule has 0 bridgehead atoms. The molecule has 0 saturated carbocycles. The summed E-state index contributed by atoms with van der Waals surface area (Å²) in [5, 5.41) is 0.0976. The van der Waals surface area contributed by atoms with E-state index in [9.17, 15) is 9.18 Å². The maximum absolute atomic E-state index is 13.3. The standard InChI is InChI=1S/C17H18ClFN4O2/c1-2-25-16-10-15(20-11-21-16)17(24)23-7-5-22(6-8-23)12-3-4-14(19)13(18)9-12/h3-4,9-11H,2,5-8H2,1H3. The first-order valence-electron chi connectivity index (χ1n) is 8.02. The number of hydrogen-bond donors (Lipinski definition) is 0. The van der Waals surface area contributed by atoms with E-state index < -0.39 is 5.82 Å². The summed E-state index contributed by atoms with van der Waals surface area (Å²) in [5.74, 6) is -0.200. The molecule has 1 amide bonds. The molecule has 6 nitrogen and oxygen atoms in total. The average Bonchev–Trinajstić information content (AvgIpc) is 2.64. The Hall–Kier alpha value is -2.41. The number of aromatic nitrogens is 2. The maximum Gasteiger partial charge on any atom is 0.272 e. The van der Waals surface area contributed by atoms with E-state index in [0.29, 0.717) is 44.4 Å². The fourth-order valence-corrected chi connectivity index (χ4v) is 2.87. The van der Waals surface area contributed by atoms with Crippen LogP contribution in [-0.2, 0) is 0 Å². The predicted octanol–water partition coefficient (Wildman–Crippen LogP) is 2.63. The van der Waals surface area contributed by atoms with E-state index in [2.05, 4.69) is 14.9 Å². The van der Waals surface area contributed by atoms with Gasteiger partial charge in [0.1, 0.15) is 17.8 Å². The largest absolute Gasteiger partial charge is 0.478 e.